The minimum atomic E-state index is -0.280. The van der Waals surface area contributed by atoms with Gasteiger partial charge in [0.05, 0.1) is 23.1 Å². The molecule has 3 rings (SSSR count). The highest BCUT2D eigenvalue weighted by molar-refractivity contribution is 6.09. The summed E-state index contributed by atoms with van der Waals surface area (Å²) in [6, 6.07) is 8.90. The minimum absolute atomic E-state index is 0.142. The maximum Gasteiger partial charge on any atom is 0.259 e. The predicted octanol–water partition coefficient (Wildman–Crippen LogP) is 3.51. The van der Waals surface area contributed by atoms with Crippen LogP contribution in [0, 0.1) is 6.92 Å². The Morgan fingerprint density at radius 2 is 1.78 bits per heavy atom. The van der Waals surface area contributed by atoms with Gasteiger partial charge in [0.15, 0.2) is 0 Å². The van der Waals surface area contributed by atoms with Crippen molar-refractivity contribution < 1.29 is 14.0 Å². The van der Waals surface area contributed by atoms with Gasteiger partial charge in [0.2, 0.25) is 0 Å². The molecule has 0 atom stereocenters. The lowest BCUT2D eigenvalue weighted by Gasteiger charge is -2.15. The molecule has 2 N–H and O–H groups in total. The summed E-state index contributed by atoms with van der Waals surface area (Å²) in [5.41, 5.74) is 1.46. The molecule has 0 spiro atoms. The molecule has 1 aromatic heterocycles. The van der Waals surface area contributed by atoms with Crippen molar-refractivity contribution in [2.24, 2.45) is 0 Å². The number of hydrogen-bond acceptors (Lipinski definition) is 3. The van der Waals surface area contributed by atoms with Gasteiger partial charge in [0, 0.05) is 6.04 Å². The van der Waals surface area contributed by atoms with Gasteiger partial charge < -0.3 is 15.1 Å². The molecular weight excluding hydrogens is 292 g/mol. The van der Waals surface area contributed by atoms with E-state index in [1.165, 1.54) is 6.26 Å². The first-order valence-electron chi connectivity index (χ1n) is 7.90. The number of hydrogen-bond donors (Lipinski definition) is 2. The number of carbonyl (C=O) groups excluding carboxylic acids is 2. The van der Waals surface area contributed by atoms with Crippen molar-refractivity contribution >= 4 is 17.5 Å². The van der Waals surface area contributed by atoms with Crippen LogP contribution in [0.1, 0.15) is 52.2 Å². The van der Waals surface area contributed by atoms with E-state index in [0.717, 1.165) is 25.7 Å². The Kier molecular flexibility index (Phi) is 4.46. The topological polar surface area (TPSA) is 71.3 Å². The molecule has 1 saturated carbocycles. The van der Waals surface area contributed by atoms with E-state index in [2.05, 4.69) is 10.6 Å². The molecular formula is C18H20N2O3. The van der Waals surface area contributed by atoms with Crippen LogP contribution in [0.4, 0.5) is 5.69 Å². The largest absolute Gasteiger partial charge is 0.469 e. The summed E-state index contributed by atoms with van der Waals surface area (Å²) in [4.78, 5) is 24.8. The standard InChI is InChI=1S/C18H20N2O3/c1-12-14(10-11-23-12)17(21)20-16-9-5-4-8-15(16)18(22)19-13-6-2-3-7-13/h4-5,8-11,13H,2-3,6-7H2,1H3,(H,19,22)(H,20,21). The van der Waals surface area contributed by atoms with Gasteiger partial charge >= 0.3 is 0 Å². The van der Waals surface area contributed by atoms with Gasteiger partial charge in [-0.1, -0.05) is 25.0 Å². The van der Waals surface area contributed by atoms with Gasteiger partial charge in [-0.25, -0.2) is 0 Å². The number of anilines is 1. The van der Waals surface area contributed by atoms with Crippen LogP contribution in [0.2, 0.25) is 0 Å². The quantitative estimate of drug-likeness (QED) is 0.907. The third-order valence-electron chi connectivity index (χ3n) is 4.21. The van der Waals surface area contributed by atoms with Gasteiger partial charge in [0.25, 0.3) is 11.8 Å². The smallest absolute Gasteiger partial charge is 0.259 e. The van der Waals surface area contributed by atoms with Crippen LogP contribution in [0.25, 0.3) is 0 Å². The van der Waals surface area contributed by atoms with Crippen LogP contribution in [-0.2, 0) is 0 Å². The highest BCUT2D eigenvalue weighted by Crippen LogP contribution is 2.21. The fourth-order valence-electron chi connectivity index (χ4n) is 2.93. The summed E-state index contributed by atoms with van der Waals surface area (Å²) in [5, 5.41) is 5.85. The van der Waals surface area contributed by atoms with Crippen molar-refractivity contribution in [2.45, 2.75) is 38.6 Å². The van der Waals surface area contributed by atoms with Crippen molar-refractivity contribution in [1.29, 1.82) is 0 Å². The monoisotopic (exact) mass is 312 g/mol. The van der Waals surface area contributed by atoms with Crippen LogP contribution in [0.5, 0.6) is 0 Å². The Morgan fingerprint density at radius 1 is 1.04 bits per heavy atom. The van der Waals surface area contributed by atoms with E-state index in [0.29, 0.717) is 22.6 Å². The first-order valence-corrected chi connectivity index (χ1v) is 7.90. The molecule has 0 saturated heterocycles. The molecule has 1 heterocycles. The van der Waals surface area contributed by atoms with Gasteiger partial charge in [-0.3, -0.25) is 9.59 Å². The summed E-state index contributed by atoms with van der Waals surface area (Å²) < 4.78 is 5.15. The number of nitrogens with one attached hydrogen (secondary N) is 2. The third-order valence-corrected chi connectivity index (χ3v) is 4.21. The Hall–Kier alpha value is -2.56. The highest BCUT2D eigenvalue weighted by Gasteiger charge is 2.20. The molecule has 1 aliphatic carbocycles. The van der Waals surface area contributed by atoms with Crippen molar-refractivity contribution in [1.82, 2.24) is 5.32 Å². The maximum atomic E-state index is 12.5. The van der Waals surface area contributed by atoms with Crippen LogP contribution in [0.15, 0.2) is 41.0 Å². The fourth-order valence-corrected chi connectivity index (χ4v) is 2.93. The van der Waals surface area contributed by atoms with Gasteiger partial charge in [-0.15, -0.1) is 0 Å². The summed E-state index contributed by atoms with van der Waals surface area (Å²) in [6.07, 6.45) is 5.83. The third kappa shape index (κ3) is 3.44. The molecule has 2 aromatic rings. The number of para-hydroxylation sites is 1. The first-order chi connectivity index (χ1) is 11.1. The fraction of sp³-hybridized carbons (Fsp3) is 0.333. The molecule has 5 heteroatoms. The second-order valence-electron chi connectivity index (χ2n) is 5.85. The van der Waals surface area contributed by atoms with Crippen molar-refractivity contribution in [3.05, 3.63) is 53.5 Å². The van der Waals surface area contributed by atoms with Crippen LogP contribution in [0.3, 0.4) is 0 Å². The summed E-state index contributed by atoms with van der Waals surface area (Å²) in [7, 11) is 0. The molecule has 23 heavy (non-hydrogen) atoms. The molecule has 0 bridgehead atoms. The normalized spacial score (nSPS) is 14.7. The zero-order chi connectivity index (χ0) is 16.2. The first kappa shape index (κ1) is 15.3. The van der Waals surface area contributed by atoms with E-state index in [1.54, 1.807) is 37.3 Å². The minimum Gasteiger partial charge on any atom is -0.469 e. The molecule has 0 unspecified atom stereocenters. The summed E-state index contributed by atoms with van der Waals surface area (Å²) in [5.74, 6) is 0.129. The van der Waals surface area contributed by atoms with Crippen LogP contribution >= 0.6 is 0 Å². The molecule has 1 aromatic carbocycles. The Labute approximate surface area is 135 Å². The van der Waals surface area contributed by atoms with E-state index in [1.807, 2.05) is 0 Å². The van der Waals surface area contributed by atoms with Gasteiger partial charge in [0.1, 0.15) is 5.76 Å². The Morgan fingerprint density at radius 3 is 2.48 bits per heavy atom. The number of rotatable bonds is 4. The number of carbonyl (C=O) groups is 2. The zero-order valence-electron chi connectivity index (χ0n) is 13.1. The van der Waals surface area contributed by atoms with E-state index >= 15 is 0 Å². The molecule has 1 aliphatic rings. The lowest BCUT2D eigenvalue weighted by Crippen LogP contribution is -2.33. The van der Waals surface area contributed by atoms with Crippen molar-refractivity contribution in [3.63, 3.8) is 0 Å². The molecule has 120 valence electrons. The van der Waals surface area contributed by atoms with E-state index in [9.17, 15) is 9.59 Å². The molecule has 5 nitrogen and oxygen atoms in total. The zero-order valence-corrected chi connectivity index (χ0v) is 13.1. The lowest BCUT2D eigenvalue weighted by atomic mass is 10.1. The number of aryl methyl sites for hydroxylation is 1. The summed E-state index contributed by atoms with van der Waals surface area (Å²) in [6.45, 7) is 1.73. The lowest BCUT2D eigenvalue weighted by molar-refractivity contribution is 0.0939. The summed E-state index contributed by atoms with van der Waals surface area (Å²) >= 11 is 0. The van der Waals surface area contributed by atoms with Gasteiger partial charge in [-0.2, -0.15) is 0 Å². The Balaban J connectivity index is 1.76. The molecule has 0 aliphatic heterocycles. The molecule has 2 amide bonds. The number of furan rings is 1. The van der Waals surface area contributed by atoms with Crippen LogP contribution in [-0.4, -0.2) is 17.9 Å². The molecule has 0 radical (unpaired) electrons. The average Bonchev–Trinajstić information content (AvgIpc) is 3.19. The predicted molar refractivity (Wildman–Crippen MR) is 87.6 cm³/mol. The van der Waals surface area contributed by atoms with Gasteiger partial charge in [-0.05, 0) is 38.0 Å². The van der Waals surface area contributed by atoms with Crippen molar-refractivity contribution in [2.75, 3.05) is 5.32 Å². The average molecular weight is 312 g/mol. The van der Waals surface area contributed by atoms with E-state index in [-0.39, 0.29) is 17.9 Å². The number of amides is 2. The highest BCUT2D eigenvalue weighted by atomic mass is 16.3. The second kappa shape index (κ2) is 6.69. The second-order valence-corrected chi connectivity index (χ2v) is 5.85. The van der Waals surface area contributed by atoms with Crippen LogP contribution < -0.4 is 10.6 Å². The van der Waals surface area contributed by atoms with E-state index in [4.69, 9.17) is 4.42 Å². The Bertz CT molecular complexity index is 715. The number of benzene rings is 1. The SMILES string of the molecule is Cc1occc1C(=O)Nc1ccccc1C(=O)NC1CCCC1. The van der Waals surface area contributed by atoms with Crippen molar-refractivity contribution in [3.8, 4) is 0 Å². The maximum absolute atomic E-state index is 12.5. The molecule has 1 fully saturated rings. The van der Waals surface area contributed by atoms with E-state index < -0.39 is 0 Å².